The Bertz CT molecular complexity index is 335. The van der Waals surface area contributed by atoms with Crippen molar-refractivity contribution in [3.05, 3.63) is 12.3 Å². The van der Waals surface area contributed by atoms with Crippen LogP contribution in [0.4, 0.5) is 11.8 Å². The number of hydrogen-bond donors (Lipinski definition) is 3. The van der Waals surface area contributed by atoms with Gasteiger partial charge in [-0.3, -0.25) is 0 Å². The molecule has 0 saturated heterocycles. The molecule has 1 saturated carbocycles. The summed E-state index contributed by atoms with van der Waals surface area (Å²) < 4.78 is 0. The smallest absolute Gasteiger partial charge is 0.224 e. The number of anilines is 2. The fraction of sp³-hybridized carbons (Fsp3) is 0.636. The van der Waals surface area contributed by atoms with E-state index >= 15 is 0 Å². The summed E-state index contributed by atoms with van der Waals surface area (Å²) in [6.07, 6.45) is 5.56. The van der Waals surface area contributed by atoms with Crippen molar-refractivity contribution in [2.75, 3.05) is 17.2 Å². The molecule has 0 amide bonds. The summed E-state index contributed by atoms with van der Waals surface area (Å²) in [4.78, 5) is 8.52. The van der Waals surface area contributed by atoms with E-state index in [1.54, 1.807) is 6.20 Å². The number of hydrogen-bond acceptors (Lipinski definition) is 5. The van der Waals surface area contributed by atoms with Crippen LogP contribution in [-0.4, -0.2) is 28.6 Å². The zero-order chi connectivity index (χ0) is 11.4. The van der Waals surface area contributed by atoms with Gasteiger partial charge in [0.1, 0.15) is 5.82 Å². The number of nitrogens with two attached hydrogens (primary N) is 1. The largest absolute Gasteiger partial charge is 0.367 e. The molecule has 4 N–H and O–H groups in total. The molecule has 0 aromatic carbocycles. The van der Waals surface area contributed by atoms with Gasteiger partial charge in [-0.1, -0.05) is 0 Å². The molecule has 1 fully saturated rings. The minimum atomic E-state index is 0.104. The summed E-state index contributed by atoms with van der Waals surface area (Å²) >= 11 is 0. The van der Waals surface area contributed by atoms with Gasteiger partial charge in [0.2, 0.25) is 5.95 Å². The lowest BCUT2D eigenvalue weighted by Gasteiger charge is -2.26. The van der Waals surface area contributed by atoms with Crippen molar-refractivity contribution in [2.45, 2.75) is 38.3 Å². The average molecular weight is 221 g/mol. The third-order valence-electron chi connectivity index (χ3n) is 2.69. The van der Waals surface area contributed by atoms with E-state index < -0.39 is 0 Å². The fourth-order valence-electron chi connectivity index (χ4n) is 1.54. The van der Waals surface area contributed by atoms with Crippen molar-refractivity contribution in [1.82, 2.24) is 9.97 Å². The van der Waals surface area contributed by atoms with Crippen LogP contribution < -0.4 is 16.4 Å². The van der Waals surface area contributed by atoms with E-state index in [4.69, 9.17) is 5.73 Å². The zero-order valence-corrected chi connectivity index (χ0v) is 9.61. The van der Waals surface area contributed by atoms with Gasteiger partial charge in [-0.05, 0) is 32.3 Å². The lowest BCUT2D eigenvalue weighted by Crippen LogP contribution is -2.28. The fourth-order valence-corrected chi connectivity index (χ4v) is 1.54. The number of aromatic nitrogens is 2. The van der Waals surface area contributed by atoms with Gasteiger partial charge in [0.15, 0.2) is 0 Å². The molecule has 1 heterocycles. The Morgan fingerprint density at radius 2 is 2.38 bits per heavy atom. The van der Waals surface area contributed by atoms with E-state index in [1.807, 2.05) is 13.0 Å². The molecular weight excluding hydrogens is 202 g/mol. The van der Waals surface area contributed by atoms with E-state index in [1.165, 1.54) is 19.3 Å². The SMILES string of the molecule is C[C@H](N)CNc1nccc(NC2CCC2)n1. The normalized spacial score (nSPS) is 17.6. The minimum absolute atomic E-state index is 0.104. The van der Waals surface area contributed by atoms with Crippen LogP contribution in [0.2, 0.25) is 0 Å². The van der Waals surface area contributed by atoms with Crippen LogP contribution in [0.3, 0.4) is 0 Å². The van der Waals surface area contributed by atoms with Gasteiger partial charge in [0.05, 0.1) is 0 Å². The molecule has 0 unspecified atom stereocenters. The van der Waals surface area contributed by atoms with E-state index in [-0.39, 0.29) is 6.04 Å². The first kappa shape index (κ1) is 11.1. The van der Waals surface area contributed by atoms with Crippen molar-refractivity contribution in [3.63, 3.8) is 0 Å². The molecule has 16 heavy (non-hydrogen) atoms. The zero-order valence-electron chi connectivity index (χ0n) is 9.61. The monoisotopic (exact) mass is 221 g/mol. The van der Waals surface area contributed by atoms with Crippen molar-refractivity contribution in [3.8, 4) is 0 Å². The summed E-state index contributed by atoms with van der Waals surface area (Å²) in [5.74, 6) is 1.54. The van der Waals surface area contributed by atoms with Crippen molar-refractivity contribution in [1.29, 1.82) is 0 Å². The van der Waals surface area contributed by atoms with Gasteiger partial charge in [0, 0.05) is 24.8 Å². The Labute approximate surface area is 95.9 Å². The van der Waals surface area contributed by atoms with Crippen LogP contribution in [0, 0.1) is 0 Å². The van der Waals surface area contributed by atoms with E-state index in [0.717, 1.165) is 5.82 Å². The third-order valence-corrected chi connectivity index (χ3v) is 2.69. The molecule has 88 valence electrons. The van der Waals surface area contributed by atoms with Gasteiger partial charge in [0.25, 0.3) is 0 Å². The first-order valence-corrected chi connectivity index (χ1v) is 5.83. The highest BCUT2D eigenvalue weighted by Gasteiger charge is 2.17. The second-order valence-electron chi connectivity index (χ2n) is 4.40. The van der Waals surface area contributed by atoms with Gasteiger partial charge < -0.3 is 16.4 Å². The van der Waals surface area contributed by atoms with Gasteiger partial charge in [-0.25, -0.2) is 4.98 Å². The predicted molar refractivity (Wildman–Crippen MR) is 65.4 cm³/mol. The molecule has 0 bridgehead atoms. The minimum Gasteiger partial charge on any atom is -0.367 e. The van der Waals surface area contributed by atoms with Crippen LogP contribution in [0.5, 0.6) is 0 Å². The Kier molecular flexibility index (Phi) is 3.56. The molecule has 1 aliphatic carbocycles. The summed E-state index contributed by atoms with van der Waals surface area (Å²) in [7, 11) is 0. The Morgan fingerprint density at radius 1 is 1.56 bits per heavy atom. The molecule has 0 aliphatic heterocycles. The van der Waals surface area contributed by atoms with Gasteiger partial charge >= 0.3 is 0 Å². The van der Waals surface area contributed by atoms with E-state index in [0.29, 0.717) is 18.5 Å². The highest BCUT2D eigenvalue weighted by molar-refractivity contribution is 5.40. The molecule has 0 spiro atoms. The first-order valence-electron chi connectivity index (χ1n) is 5.83. The average Bonchev–Trinajstić information content (AvgIpc) is 2.21. The van der Waals surface area contributed by atoms with E-state index in [9.17, 15) is 0 Å². The van der Waals surface area contributed by atoms with Crippen molar-refractivity contribution >= 4 is 11.8 Å². The highest BCUT2D eigenvalue weighted by Crippen LogP contribution is 2.22. The molecular formula is C11H19N5. The molecule has 5 heteroatoms. The maximum Gasteiger partial charge on any atom is 0.224 e. The standard InChI is InChI=1S/C11H19N5/c1-8(12)7-14-11-13-6-5-10(16-11)15-9-3-2-4-9/h5-6,8-9H,2-4,7,12H2,1H3,(H2,13,14,15,16)/t8-/m0/s1. The molecule has 1 atom stereocenters. The topological polar surface area (TPSA) is 75.9 Å². The van der Waals surface area contributed by atoms with Crippen LogP contribution >= 0.6 is 0 Å². The lowest BCUT2D eigenvalue weighted by atomic mass is 9.93. The van der Waals surface area contributed by atoms with Gasteiger partial charge in [-0.15, -0.1) is 0 Å². The van der Waals surface area contributed by atoms with Crippen LogP contribution in [0.1, 0.15) is 26.2 Å². The quantitative estimate of drug-likeness (QED) is 0.696. The highest BCUT2D eigenvalue weighted by atomic mass is 15.1. The van der Waals surface area contributed by atoms with Crippen molar-refractivity contribution < 1.29 is 0 Å². The summed E-state index contributed by atoms with van der Waals surface area (Å²) in [5.41, 5.74) is 5.66. The molecule has 1 aromatic rings. The maximum absolute atomic E-state index is 5.66. The Hall–Kier alpha value is -1.36. The molecule has 2 rings (SSSR count). The second-order valence-corrected chi connectivity index (χ2v) is 4.40. The Balaban J connectivity index is 1.90. The maximum atomic E-state index is 5.66. The summed E-state index contributed by atoms with van der Waals surface area (Å²) in [6.45, 7) is 2.64. The first-order chi connectivity index (χ1) is 7.74. The second kappa shape index (κ2) is 5.12. The summed E-state index contributed by atoms with van der Waals surface area (Å²) in [6, 6.07) is 2.60. The van der Waals surface area contributed by atoms with Crippen LogP contribution in [0.25, 0.3) is 0 Å². The number of nitrogens with one attached hydrogen (secondary N) is 2. The molecule has 5 nitrogen and oxygen atoms in total. The Morgan fingerprint density at radius 3 is 3.00 bits per heavy atom. The van der Waals surface area contributed by atoms with Gasteiger partial charge in [-0.2, -0.15) is 4.98 Å². The number of nitrogens with zero attached hydrogens (tertiary/aromatic N) is 2. The van der Waals surface area contributed by atoms with Crippen LogP contribution in [-0.2, 0) is 0 Å². The molecule has 1 aliphatic rings. The summed E-state index contributed by atoms with van der Waals surface area (Å²) in [5, 5.41) is 6.49. The van der Waals surface area contributed by atoms with Crippen molar-refractivity contribution in [2.24, 2.45) is 5.73 Å². The number of rotatable bonds is 5. The van der Waals surface area contributed by atoms with Crippen LogP contribution in [0.15, 0.2) is 12.3 Å². The molecule has 0 radical (unpaired) electrons. The molecule has 1 aromatic heterocycles. The van der Waals surface area contributed by atoms with E-state index in [2.05, 4.69) is 20.6 Å². The predicted octanol–water partition coefficient (Wildman–Crippen LogP) is 1.20. The third kappa shape index (κ3) is 3.06. The lowest BCUT2D eigenvalue weighted by molar-refractivity contribution is 0.444.